The van der Waals surface area contributed by atoms with Crippen molar-refractivity contribution < 1.29 is 5.11 Å². The molecule has 14 heavy (non-hydrogen) atoms. The molecule has 0 atom stereocenters. The lowest BCUT2D eigenvalue weighted by atomic mass is 9.88. The summed E-state index contributed by atoms with van der Waals surface area (Å²) in [6, 6.07) is 0. The summed E-state index contributed by atoms with van der Waals surface area (Å²) in [5.74, 6) is 0.191. The number of hydrogen-bond acceptors (Lipinski definition) is 1. The Hall–Kier alpha value is -1.20. The zero-order valence-electron chi connectivity index (χ0n) is 9.59. The summed E-state index contributed by atoms with van der Waals surface area (Å²) < 4.78 is 0. The van der Waals surface area contributed by atoms with Gasteiger partial charge < -0.3 is 5.11 Å². The molecule has 1 nitrogen and oxygen atoms in total. The van der Waals surface area contributed by atoms with Crippen LogP contribution in [0.3, 0.4) is 0 Å². The van der Waals surface area contributed by atoms with Gasteiger partial charge in [0.05, 0.1) is 0 Å². The van der Waals surface area contributed by atoms with Gasteiger partial charge in [0, 0.05) is 6.92 Å². The van der Waals surface area contributed by atoms with Crippen LogP contribution in [0.5, 0.6) is 0 Å². The molecule has 0 bridgehead atoms. The first-order valence-corrected chi connectivity index (χ1v) is 4.78. The van der Waals surface area contributed by atoms with Gasteiger partial charge in [-0.25, -0.2) is 0 Å². The Balaban J connectivity index is 4.15. The maximum absolute atomic E-state index is 8.82. The number of aliphatic hydroxyl groups is 1. The van der Waals surface area contributed by atoms with Crippen molar-refractivity contribution in [1.82, 2.24) is 0 Å². The average molecular weight is 192 g/mol. The molecule has 0 saturated heterocycles. The molecule has 0 heterocycles. The van der Waals surface area contributed by atoms with E-state index in [4.69, 9.17) is 5.11 Å². The summed E-state index contributed by atoms with van der Waals surface area (Å²) in [6.45, 7) is 12.1. The van der Waals surface area contributed by atoms with Crippen LogP contribution in [-0.2, 0) is 0 Å². The topological polar surface area (TPSA) is 20.2 Å². The minimum atomic E-state index is 0.191. The highest BCUT2D eigenvalue weighted by Crippen LogP contribution is 2.23. The van der Waals surface area contributed by atoms with Crippen molar-refractivity contribution in [2.45, 2.75) is 34.1 Å². The molecule has 0 radical (unpaired) electrons. The van der Waals surface area contributed by atoms with E-state index in [1.807, 2.05) is 12.2 Å². The van der Waals surface area contributed by atoms with Gasteiger partial charge in [-0.15, -0.1) is 0 Å². The predicted molar refractivity (Wildman–Crippen MR) is 62.3 cm³/mol. The second-order valence-corrected chi connectivity index (χ2v) is 4.65. The molecule has 0 unspecified atom stereocenters. The van der Waals surface area contributed by atoms with Gasteiger partial charge in [-0.3, -0.25) is 0 Å². The van der Waals surface area contributed by atoms with E-state index >= 15 is 0 Å². The highest BCUT2D eigenvalue weighted by Gasteiger charge is 2.09. The van der Waals surface area contributed by atoms with Crippen LogP contribution in [0.25, 0.3) is 0 Å². The van der Waals surface area contributed by atoms with Gasteiger partial charge in [0.1, 0.15) is 5.76 Å². The Labute approximate surface area is 87.2 Å². The average Bonchev–Trinajstić information content (AvgIpc) is 1.94. The fourth-order valence-corrected chi connectivity index (χ4v) is 1.09. The Kier molecular flexibility index (Phi) is 5.04. The monoisotopic (exact) mass is 192 g/mol. The zero-order valence-corrected chi connectivity index (χ0v) is 9.59. The van der Waals surface area contributed by atoms with Crippen LogP contribution in [0.4, 0.5) is 0 Å². The quantitative estimate of drug-likeness (QED) is 0.404. The largest absolute Gasteiger partial charge is 0.505 e. The van der Waals surface area contributed by atoms with Crippen molar-refractivity contribution in [3.8, 4) is 0 Å². The molecule has 0 aliphatic heterocycles. The van der Waals surface area contributed by atoms with Crippen LogP contribution >= 0.6 is 0 Å². The Bertz CT molecular complexity index is 277. The summed E-state index contributed by atoms with van der Waals surface area (Å²) >= 11 is 0. The van der Waals surface area contributed by atoms with Crippen molar-refractivity contribution in [2.75, 3.05) is 0 Å². The van der Waals surface area contributed by atoms with E-state index in [2.05, 4.69) is 33.1 Å². The number of rotatable bonds is 3. The van der Waals surface area contributed by atoms with E-state index in [-0.39, 0.29) is 11.2 Å². The van der Waals surface area contributed by atoms with Crippen LogP contribution in [0.2, 0.25) is 0 Å². The number of hydrogen-bond donors (Lipinski definition) is 1. The SMILES string of the molecule is C=C(/C=C\C=C=C(C)O)CC(C)(C)C. The first-order valence-electron chi connectivity index (χ1n) is 4.78. The summed E-state index contributed by atoms with van der Waals surface area (Å²) in [5, 5.41) is 8.82. The maximum atomic E-state index is 8.82. The third kappa shape index (κ3) is 8.89. The summed E-state index contributed by atoms with van der Waals surface area (Å²) in [6.07, 6.45) is 6.44. The normalized spacial score (nSPS) is 11.1. The molecule has 0 aromatic heterocycles. The summed E-state index contributed by atoms with van der Waals surface area (Å²) in [7, 11) is 0. The van der Waals surface area contributed by atoms with E-state index in [1.165, 1.54) is 0 Å². The van der Waals surface area contributed by atoms with E-state index in [0.29, 0.717) is 0 Å². The highest BCUT2D eigenvalue weighted by atomic mass is 16.3. The van der Waals surface area contributed by atoms with Gasteiger partial charge >= 0.3 is 0 Å². The van der Waals surface area contributed by atoms with Gasteiger partial charge in [-0.2, -0.15) is 0 Å². The summed E-state index contributed by atoms with van der Waals surface area (Å²) in [5.41, 5.74) is 4.04. The number of aliphatic hydroxyl groups excluding tert-OH is 1. The smallest absolute Gasteiger partial charge is 0.132 e. The molecule has 78 valence electrons. The molecular formula is C13H20O. The van der Waals surface area contributed by atoms with Crippen LogP contribution < -0.4 is 0 Å². The molecule has 1 heteroatoms. The molecular weight excluding hydrogens is 172 g/mol. The minimum absolute atomic E-state index is 0.191. The molecule has 1 N–H and O–H groups in total. The Morgan fingerprint density at radius 1 is 1.43 bits per heavy atom. The third-order valence-corrected chi connectivity index (χ3v) is 1.48. The number of allylic oxidation sites excluding steroid dienone is 4. The fraction of sp³-hybridized carbons (Fsp3) is 0.462. The molecule has 0 fully saturated rings. The second kappa shape index (κ2) is 5.51. The molecule has 0 spiro atoms. The van der Waals surface area contributed by atoms with Gasteiger partial charge in [0.25, 0.3) is 0 Å². The molecule has 0 rings (SSSR count). The first kappa shape index (κ1) is 12.8. The molecule has 0 aromatic carbocycles. The van der Waals surface area contributed by atoms with Gasteiger partial charge in [0.15, 0.2) is 0 Å². The Morgan fingerprint density at radius 3 is 2.43 bits per heavy atom. The second-order valence-electron chi connectivity index (χ2n) is 4.65. The zero-order chi connectivity index (χ0) is 11.2. The minimum Gasteiger partial charge on any atom is -0.505 e. The van der Waals surface area contributed by atoms with Crippen molar-refractivity contribution in [2.24, 2.45) is 5.41 Å². The third-order valence-electron chi connectivity index (χ3n) is 1.48. The molecule has 0 amide bonds. The van der Waals surface area contributed by atoms with E-state index in [9.17, 15) is 0 Å². The van der Waals surface area contributed by atoms with Crippen molar-refractivity contribution in [1.29, 1.82) is 0 Å². The van der Waals surface area contributed by atoms with Crippen LogP contribution in [0.1, 0.15) is 34.1 Å². The van der Waals surface area contributed by atoms with Crippen molar-refractivity contribution in [3.05, 3.63) is 41.9 Å². The molecule has 0 aliphatic carbocycles. The van der Waals surface area contributed by atoms with Crippen LogP contribution in [0, 0.1) is 5.41 Å². The lowest BCUT2D eigenvalue weighted by Crippen LogP contribution is -2.04. The van der Waals surface area contributed by atoms with Crippen molar-refractivity contribution >= 4 is 0 Å². The van der Waals surface area contributed by atoms with Crippen LogP contribution in [-0.4, -0.2) is 5.11 Å². The van der Waals surface area contributed by atoms with E-state index < -0.39 is 0 Å². The lowest BCUT2D eigenvalue weighted by molar-refractivity contribution is 0.413. The predicted octanol–water partition coefficient (Wildman–Crippen LogP) is 4.15. The van der Waals surface area contributed by atoms with Crippen LogP contribution in [0.15, 0.2) is 41.9 Å². The standard InChI is InChI=1S/C13H20O/c1-11(10-13(3,4)5)8-6-7-9-12(2)14/h6-8,14H,1,10H2,2-5H3/b8-6-. The van der Waals surface area contributed by atoms with Gasteiger partial charge in [0.2, 0.25) is 0 Å². The fourth-order valence-electron chi connectivity index (χ4n) is 1.09. The lowest BCUT2D eigenvalue weighted by Gasteiger charge is -2.17. The van der Waals surface area contributed by atoms with E-state index in [1.54, 1.807) is 13.0 Å². The highest BCUT2D eigenvalue weighted by molar-refractivity contribution is 5.20. The molecule has 0 saturated carbocycles. The van der Waals surface area contributed by atoms with E-state index in [0.717, 1.165) is 12.0 Å². The van der Waals surface area contributed by atoms with Crippen molar-refractivity contribution in [3.63, 3.8) is 0 Å². The summed E-state index contributed by atoms with van der Waals surface area (Å²) in [4.78, 5) is 0. The van der Waals surface area contributed by atoms with Gasteiger partial charge in [-0.05, 0) is 17.9 Å². The maximum Gasteiger partial charge on any atom is 0.132 e. The first-order chi connectivity index (χ1) is 6.31. The van der Waals surface area contributed by atoms with Gasteiger partial charge in [-0.1, -0.05) is 50.8 Å². The molecule has 0 aliphatic rings. The molecule has 0 aromatic rings. The Morgan fingerprint density at radius 2 is 2.00 bits per heavy atom.